The summed E-state index contributed by atoms with van der Waals surface area (Å²) in [6.45, 7) is 0. The third-order valence-electron chi connectivity index (χ3n) is 1.25. The first kappa shape index (κ1) is 9.41. The second-order valence-electron chi connectivity index (χ2n) is 2.02. The molecule has 0 unspecified atom stereocenters. The molecule has 68 valence electrons. The molecule has 2 nitrogen and oxygen atoms in total. The number of rotatable bonds is 1. The summed E-state index contributed by atoms with van der Waals surface area (Å²) in [5.41, 5.74) is -1.31. The molecular formula is C7HF4NO. The van der Waals surface area contributed by atoms with Crippen molar-refractivity contribution in [1.29, 1.82) is 0 Å². The van der Waals surface area contributed by atoms with E-state index in [4.69, 9.17) is 0 Å². The Bertz CT molecular complexity index is 372. The standard InChI is InChI=1S/C7HF4NO/c8-3-1-4(9)6(11)7(5(3)10)12-2-13/h1H. The second kappa shape index (κ2) is 3.37. The maximum absolute atomic E-state index is 12.6. The van der Waals surface area contributed by atoms with Gasteiger partial charge in [-0.2, -0.15) is 4.99 Å². The Balaban J connectivity index is 3.55. The van der Waals surface area contributed by atoms with Crippen molar-refractivity contribution in [2.45, 2.75) is 0 Å². The smallest absolute Gasteiger partial charge is 0.211 e. The fraction of sp³-hybridized carbons (Fsp3) is 0. The highest BCUT2D eigenvalue weighted by Gasteiger charge is 2.18. The van der Waals surface area contributed by atoms with Crippen LogP contribution in [0.5, 0.6) is 0 Å². The van der Waals surface area contributed by atoms with Crippen molar-refractivity contribution in [1.82, 2.24) is 0 Å². The molecular weight excluding hydrogens is 190 g/mol. The zero-order valence-electron chi connectivity index (χ0n) is 5.94. The van der Waals surface area contributed by atoms with Crippen LogP contribution in [0.3, 0.4) is 0 Å². The van der Waals surface area contributed by atoms with Crippen molar-refractivity contribution in [3.63, 3.8) is 0 Å². The van der Waals surface area contributed by atoms with E-state index < -0.39 is 29.0 Å². The topological polar surface area (TPSA) is 29.4 Å². The average Bonchev–Trinajstić information content (AvgIpc) is 2.09. The van der Waals surface area contributed by atoms with E-state index in [0.29, 0.717) is 0 Å². The molecule has 0 aliphatic carbocycles. The summed E-state index contributed by atoms with van der Waals surface area (Å²) in [5.74, 6) is -6.68. The highest BCUT2D eigenvalue weighted by atomic mass is 19.2. The van der Waals surface area contributed by atoms with Gasteiger partial charge in [0.25, 0.3) is 0 Å². The summed E-state index contributed by atoms with van der Waals surface area (Å²) < 4.78 is 49.9. The number of hydrogen-bond acceptors (Lipinski definition) is 2. The summed E-state index contributed by atoms with van der Waals surface area (Å²) in [4.78, 5) is 12.1. The molecule has 0 aliphatic heterocycles. The first-order chi connectivity index (χ1) is 6.07. The van der Waals surface area contributed by atoms with E-state index in [1.807, 2.05) is 0 Å². The van der Waals surface area contributed by atoms with E-state index in [0.717, 1.165) is 6.08 Å². The Labute approximate surface area is 69.5 Å². The molecule has 0 saturated heterocycles. The highest BCUT2D eigenvalue weighted by molar-refractivity contribution is 5.50. The van der Waals surface area contributed by atoms with Gasteiger partial charge in [-0.25, -0.2) is 22.4 Å². The maximum Gasteiger partial charge on any atom is 0.240 e. The van der Waals surface area contributed by atoms with Crippen molar-refractivity contribution in [3.05, 3.63) is 29.3 Å². The van der Waals surface area contributed by atoms with Gasteiger partial charge in [-0.3, -0.25) is 0 Å². The van der Waals surface area contributed by atoms with Crippen molar-refractivity contribution >= 4 is 11.8 Å². The van der Waals surface area contributed by atoms with E-state index in [-0.39, 0.29) is 6.07 Å². The second-order valence-corrected chi connectivity index (χ2v) is 2.02. The lowest BCUT2D eigenvalue weighted by atomic mass is 10.2. The third kappa shape index (κ3) is 1.57. The molecule has 0 aliphatic rings. The maximum atomic E-state index is 12.6. The van der Waals surface area contributed by atoms with Crippen molar-refractivity contribution < 1.29 is 22.4 Å². The van der Waals surface area contributed by atoms with Crippen LogP contribution < -0.4 is 0 Å². The Morgan fingerprint density at radius 2 is 1.54 bits per heavy atom. The van der Waals surface area contributed by atoms with E-state index in [2.05, 4.69) is 4.99 Å². The fourth-order valence-electron chi connectivity index (χ4n) is 0.704. The van der Waals surface area contributed by atoms with E-state index >= 15 is 0 Å². The van der Waals surface area contributed by atoms with Gasteiger partial charge >= 0.3 is 0 Å². The molecule has 1 aromatic carbocycles. The molecule has 0 radical (unpaired) electrons. The first-order valence-corrected chi connectivity index (χ1v) is 2.98. The number of nitrogens with zero attached hydrogens (tertiary/aromatic N) is 1. The lowest BCUT2D eigenvalue weighted by Crippen LogP contribution is -1.93. The molecule has 0 fully saturated rings. The largest absolute Gasteiger partial charge is 0.240 e. The van der Waals surface area contributed by atoms with Gasteiger partial charge in [0.15, 0.2) is 29.0 Å². The number of benzene rings is 1. The molecule has 0 heterocycles. The zero-order chi connectivity index (χ0) is 10.0. The minimum Gasteiger partial charge on any atom is -0.211 e. The molecule has 0 saturated carbocycles. The van der Waals surface area contributed by atoms with Crippen molar-refractivity contribution in [2.24, 2.45) is 4.99 Å². The SMILES string of the molecule is O=C=Nc1c(F)c(F)cc(F)c1F. The van der Waals surface area contributed by atoms with Gasteiger partial charge < -0.3 is 0 Å². The Kier molecular flexibility index (Phi) is 2.44. The van der Waals surface area contributed by atoms with Gasteiger partial charge in [0, 0.05) is 6.07 Å². The first-order valence-electron chi connectivity index (χ1n) is 2.98. The molecule has 0 bridgehead atoms. The summed E-state index contributed by atoms with van der Waals surface area (Å²) in [5, 5.41) is 0. The van der Waals surface area contributed by atoms with Gasteiger partial charge in [0.05, 0.1) is 0 Å². The van der Waals surface area contributed by atoms with Crippen molar-refractivity contribution in [2.75, 3.05) is 0 Å². The molecule has 6 heteroatoms. The van der Waals surface area contributed by atoms with Crippen LogP contribution in [0.1, 0.15) is 0 Å². The third-order valence-corrected chi connectivity index (χ3v) is 1.25. The fourth-order valence-corrected chi connectivity index (χ4v) is 0.704. The van der Waals surface area contributed by atoms with Crippen LogP contribution in [-0.2, 0) is 4.79 Å². The Morgan fingerprint density at radius 3 is 1.92 bits per heavy atom. The van der Waals surface area contributed by atoms with Gasteiger partial charge in [-0.1, -0.05) is 0 Å². The number of halogens is 4. The molecule has 0 atom stereocenters. The molecule has 0 aromatic heterocycles. The van der Waals surface area contributed by atoms with E-state index in [1.54, 1.807) is 0 Å². The van der Waals surface area contributed by atoms with Crippen LogP contribution in [0.25, 0.3) is 0 Å². The van der Waals surface area contributed by atoms with Crippen LogP contribution >= 0.6 is 0 Å². The molecule has 1 aromatic rings. The molecule has 0 spiro atoms. The number of carbonyl (C=O) groups excluding carboxylic acids is 1. The predicted octanol–water partition coefficient (Wildman–Crippen LogP) is 2.21. The summed E-state index contributed by atoms with van der Waals surface area (Å²) in [6.07, 6.45) is 0.782. The van der Waals surface area contributed by atoms with Crippen LogP contribution in [0.4, 0.5) is 23.2 Å². The Morgan fingerprint density at radius 1 is 1.08 bits per heavy atom. The van der Waals surface area contributed by atoms with Crippen LogP contribution in [-0.4, -0.2) is 6.08 Å². The van der Waals surface area contributed by atoms with E-state index in [1.165, 1.54) is 0 Å². The average molecular weight is 191 g/mol. The monoisotopic (exact) mass is 191 g/mol. The lowest BCUT2D eigenvalue weighted by molar-refractivity contribution is 0.457. The van der Waals surface area contributed by atoms with Gasteiger partial charge in [-0.05, 0) is 0 Å². The predicted molar refractivity (Wildman–Crippen MR) is 34.1 cm³/mol. The lowest BCUT2D eigenvalue weighted by Gasteiger charge is -1.98. The van der Waals surface area contributed by atoms with Crippen molar-refractivity contribution in [3.8, 4) is 0 Å². The molecule has 0 amide bonds. The van der Waals surface area contributed by atoms with E-state index in [9.17, 15) is 22.4 Å². The molecule has 1 rings (SSSR count). The highest BCUT2D eigenvalue weighted by Crippen LogP contribution is 2.25. The minimum absolute atomic E-state index is 0.0223. The minimum atomic E-state index is -1.72. The summed E-state index contributed by atoms with van der Waals surface area (Å²) >= 11 is 0. The van der Waals surface area contributed by atoms with Gasteiger partial charge in [0.1, 0.15) is 0 Å². The van der Waals surface area contributed by atoms with Gasteiger partial charge in [-0.15, -0.1) is 0 Å². The van der Waals surface area contributed by atoms with Crippen LogP contribution in [0.15, 0.2) is 11.1 Å². The zero-order valence-corrected chi connectivity index (χ0v) is 5.94. The Hall–Kier alpha value is -1.68. The van der Waals surface area contributed by atoms with Gasteiger partial charge in [0.2, 0.25) is 6.08 Å². The number of aliphatic imine (C=N–C) groups is 1. The summed E-state index contributed by atoms with van der Waals surface area (Å²) in [7, 11) is 0. The molecule has 13 heavy (non-hydrogen) atoms. The number of isocyanates is 1. The summed E-state index contributed by atoms with van der Waals surface area (Å²) in [6, 6.07) is 0.0223. The van der Waals surface area contributed by atoms with Crippen LogP contribution in [0, 0.1) is 23.3 Å². The molecule has 0 N–H and O–H groups in total. The normalized spacial score (nSPS) is 9.54. The quantitative estimate of drug-likeness (QED) is 0.289. The number of hydrogen-bond donors (Lipinski definition) is 0. The van der Waals surface area contributed by atoms with Crippen LogP contribution in [0.2, 0.25) is 0 Å².